The summed E-state index contributed by atoms with van der Waals surface area (Å²) in [7, 11) is 2.09. The molecule has 0 fully saturated rings. The summed E-state index contributed by atoms with van der Waals surface area (Å²) in [6.45, 7) is 13.7. The van der Waals surface area contributed by atoms with Crippen LogP contribution in [0.15, 0.2) is 6.07 Å². The SMILES string of the molecule is Cc1cc(N(C)CCNCC(C)C)nc(C(C)C)n1. The molecule has 4 heteroatoms. The lowest BCUT2D eigenvalue weighted by atomic mass is 10.2. The Balaban J connectivity index is 2.58. The second kappa shape index (κ2) is 7.43. The van der Waals surface area contributed by atoms with Gasteiger partial charge < -0.3 is 10.2 Å². The third-order valence-electron chi connectivity index (χ3n) is 2.94. The number of aromatic nitrogens is 2. The smallest absolute Gasteiger partial charge is 0.133 e. The van der Waals surface area contributed by atoms with Crippen molar-refractivity contribution in [2.24, 2.45) is 5.92 Å². The molecular formula is C15H28N4. The molecule has 4 nitrogen and oxygen atoms in total. The molecule has 0 saturated carbocycles. The summed E-state index contributed by atoms with van der Waals surface area (Å²) >= 11 is 0. The average Bonchev–Trinajstić information content (AvgIpc) is 2.33. The molecule has 0 radical (unpaired) electrons. The molecule has 0 bridgehead atoms. The van der Waals surface area contributed by atoms with Gasteiger partial charge in [0.25, 0.3) is 0 Å². The van der Waals surface area contributed by atoms with E-state index in [0.717, 1.165) is 37.0 Å². The fraction of sp³-hybridized carbons (Fsp3) is 0.733. The summed E-state index contributed by atoms with van der Waals surface area (Å²) in [5, 5.41) is 3.45. The molecule has 0 aliphatic heterocycles. The normalized spacial score (nSPS) is 11.4. The van der Waals surface area contributed by atoms with Crippen molar-refractivity contribution in [3.05, 3.63) is 17.6 Å². The maximum absolute atomic E-state index is 4.63. The highest BCUT2D eigenvalue weighted by Crippen LogP contribution is 2.15. The van der Waals surface area contributed by atoms with Gasteiger partial charge in [-0.2, -0.15) is 0 Å². The molecule has 1 N–H and O–H groups in total. The summed E-state index contributed by atoms with van der Waals surface area (Å²) in [5.41, 5.74) is 1.04. The van der Waals surface area contributed by atoms with E-state index in [9.17, 15) is 0 Å². The zero-order chi connectivity index (χ0) is 14.4. The van der Waals surface area contributed by atoms with Crippen molar-refractivity contribution in [2.75, 3.05) is 31.6 Å². The zero-order valence-corrected chi connectivity index (χ0v) is 13.2. The number of aryl methyl sites for hydroxylation is 1. The van der Waals surface area contributed by atoms with Crippen molar-refractivity contribution in [2.45, 2.75) is 40.5 Å². The van der Waals surface area contributed by atoms with Gasteiger partial charge in [-0.3, -0.25) is 0 Å². The highest BCUT2D eigenvalue weighted by atomic mass is 15.2. The van der Waals surface area contributed by atoms with Crippen molar-refractivity contribution in [3.63, 3.8) is 0 Å². The van der Waals surface area contributed by atoms with E-state index in [1.54, 1.807) is 0 Å². The van der Waals surface area contributed by atoms with Crippen molar-refractivity contribution in [1.29, 1.82) is 0 Å². The second-order valence-corrected chi connectivity index (χ2v) is 5.90. The third-order valence-corrected chi connectivity index (χ3v) is 2.94. The first-order valence-corrected chi connectivity index (χ1v) is 7.17. The molecule has 0 amide bonds. The minimum absolute atomic E-state index is 0.367. The van der Waals surface area contributed by atoms with Crippen molar-refractivity contribution >= 4 is 5.82 Å². The fourth-order valence-electron chi connectivity index (χ4n) is 1.78. The Hall–Kier alpha value is -1.16. The Bertz CT molecular complexity index is 388. The van der Waals surface area contributed by atoms with E-state index in [1.807, 2.05) is 13.0 Å². The van der Waals surface area contributed by atoms with Crippen LogP contribution in [-0.4, -0.2) is 36.6 Å². The van der Waals surface area contributed by atoms with Gasteiger partial charge in [-0.15, -0.1) is 0 Å². The molecule has 0 aromatic carbocycles. The third kappa shape index (κ3) is 5.55. The summed E-state index contributed by atoms with van der Waals surface area (Å²) < 4.78 is 0. The number of likely N-dealkylation sites (N-methyl/N-ethyl adjacent to an activating group) is 1. The maximum Gasteiger partial charge on any atom is 0.133 e. The van der Waals surface area contributed by atoms with Gasteiger partial charge in [0, 0.05) is 37.8 Å². The van der Waals surface area contributed by atoms with Crippen LogP contribution in [0.4, 0.5) is 5.82 Å². The van der Waals surface area contributed by atoms with Crippen LogP contribution in [0.3, 0.4) is 0 Å². The molecule has 0 spiro atoms. The fourth-order valence-corrected chi connectivity index (χ4v) is 1.78. The minimum atomic E-state index is 0.367. The van der Waals surface area contributed by atoms with Crippen LogP contribution in [0, 0.1) is 12.8 Å². The first kappa shape index (κ1) is 15.9. The zero-order valence-electron chi connectivity index (χ0n) is 13.2. The Labute approximate surface area is 117 Å². The number of nitrogens with one attached hydrogen (secondary N) is 1. The lowest BCUT2D eigenvalue weighted by molar-refractivity contribution is 0.553. The van der Waals surface area contributed by atoms with Gasteiger partial charge >= 0.3 is 0 Å². The number of rotatable bonds is 7. The van der Waals surface area contributed by atoms with Gasteiger partial charge in [0.1, 0.15) is 11.6 Å². The predicted octanol–water partition coefficient (Wildman–Crippen LogP) is 2.59. The van der Waals surface area contributed by atoms with Crippen molar-refractivity contribution in [3.8, 4) is 0 Å². The number of hydrogen-bond donors (Lipinski definition) is 1. The first-order valence-electron chi connectivity index (χ1n) is 7.17. The van der Waals surface area contributed by atoms with E-state index in [1.165, 1.54) is 0 Å². The highest BCUT2D eigenvalue weighted by molar-refractivity contribution is 5.39. The largest absolute Gasteiger partial charge is 0.358 e. The summed E-state index contributed by atoms with van der Waals surface area (Å²) in [4.78, 5) is 11.3. The first-order chi connectivity index (χ1) is 8.90. The number of nitrogens with zero attached hydrogens (tertiary/aromatic N) is 3. The van der Waals surface area contributed by atoms with Gasteiger partial charge in [0.2, 0.25) is 0 Å². The predicted molar refractivity (Wildman–Crippen MR) is 81.8 cm³/mol. The Kier molecular flexibility index (Phi) is 6.22. The van der Waals surface area contributed by atoms with E-state index in [-0.39, 0.29) is 0 Å². The Morgan fingerprint density at radius 2 is 1.89 bits per heavy atom. The van der Waals surface area contributed by atoms with Crippen LogP contribution in [0.5, 0.6) is 0 Å². The molecule has 1 aromatic rings. The number of anilines is 1. The van der Waals surface area contributed by atoms with Gasteiger partial charge in [0.05, 0.1) is 0 Å². The molecule has 0 atom stereocenters. The van der Waals surface area contributed by atoms with Gasteiger partial charge in [-0.05, 0) is 19.4 Å². The van der Waals surface area contributed by atoms with Crippen LogP contribution >= 0.6 is 0 Å². The van der Waals surface area contributed by atoms with E-state index in [4.69, 9.17) is 0 Å². The molecular weight excluding hydrogens is 236 g/mol. The quantitative estimate of drug-likeness (QED) is 0.769. The van der Waals surface area contributed by atoms with Crippen LogP contribution in [-0.2, 0) is 0 Å². The summed E-state index contributed by atoms with van der Waals surface area (Å²) in [6.07, 6.45) is 0. The van der Waals surface area contributed by atoms with E-state index < -0.39 is 0 Å². The maximum atomic E-state index is 4.63. The lowest BCUT2D eigenvalue weighted by Crippen LogP contribution is -2.31. The molecule has 0 saturated heterocycles. The van der Waals surface area contributed by atoms with Crippen molar-refractivity contribution < 1.29 is 0 Å². The van der Waals surface area contributed by atoms with Crippen LogP contribution < -0.4 is 10.2 Å². The molecule has 108 valence electrons. The molecule has 1 heterocycles. The number of hydrogen-bond acceptors (Lipinski definition) is 4. The van der Waals surface area contributed by atoms with E-state index >= 15 is 0 Å². The molecule has 1 rings (SSSR count). The monoisotopic (exact) mass is 264 g/mol. The molecule has 1 aromatic heterocycles. The van der Waals surface area contributed by atoms with Crippen molar-refractivity contribution in [1.82, 2.24) is 15.3 Å². The molecule has 19 heavy (non-hydrogen) atoms. The highest BCUT2D eigenvalue weighted by Gasteiger charge is 2.09. The standard InChI is InChI=1S/C15H28N4/c1-11(2)10-16-7-8-19(6)14-9-13(5)17-15(18-14)12(3)4/h9,11-12,16H,7-8,10H2,1-6H3. The lowest BCUT2D eigenvalue weighted by Gasteiger charge is -2.20. The van der Waals surface area contributed by atoms with E-state index in [2.05, 4.69) is 54.9 Å². The van der Waals surface area contributed by atoms with Gasteiger partial charge in [0.15, 0.2) is 0 Å². The molecule has 0 aliphatic carbocycles. The summed E-state index contributed by atoms with van der Waals surface area (Å²) in [6, 6.07) is 2.05. The summed E-state index contributed by atoms with van der Waals surface area (Å²) in [5.74, 6) is 3.00. The average molecular weight is 264 g/mol. The second-order valence-electron chi connectivity index (χ2n) is 5.90. The minimum Gasteiger partial charge on any atom is -0.358 e. The Morgan fingerprint density at radius 3 is 2.47 bits per heavy atom. The topological polar surface area (TPSA) is 41.0 Å². The molecule has 0 unspecified atom stereocenters. The molecule has 0 aliphatic rings. The van der Waals surface area contributed by atoms with Gasteiger partial charge in [-0.1, -0.05) is 27.7 Å². The van der Waals surface area contributed by atoms with Gasteiger partial charge in [-0.25, -0.2) is 9.97 Å². The van der Waals surface area contributed by atoms with E-state index in [0.29, 0.717) is 11.8 Å². The van der Waals surface area contributed by atoms with Crippen LogP contribution in [0.25, 0.3) is 0 Å². The van der Waals surface area contributed by atoms with Crippen LogP contribution in [0.2, 0.25) is 0 Å². The van der Waals surface area contributed by atoms with Crippen LogP contribution in [0.1, 0.15) is 45.1 Å². The Morgan fingerprint density at radius 1 is 1.21 bits per heavy atom.